The maximum Gasteiger partial charge on any atom is 0.471 e. The summed E-state index contributed by atoms with van der Waals surface area (Å²) >= 11 is 0. The first-order valence-corrected chi connectivity index (χ1v) is 32.1. The molecule has 6 aliphatic rings. The van der Waals surface area contributed by atoms with Gasteiger partial charge < -0.3 is 164 Å². The van der Waals surface area contributed by atoms with Crippen molar-refractivity contribution in [3.8, 4) is 0 Å². The van der Waals surface area contributed by atoms with E-state index in [-0.39, 0.29) is 26.3 Å². The maximum atomic E-state index is 14.1. The number of nitrogens with zero attached hydrogens (tertiary/aromatic N) is 1. The highest BCUT2D eigenvalue weighted by molar-refractivity contribution is 5.82. The Hall–Kier alpha value is -4.93. The molecule has 2 aromatic rings. The Bertz CT molecular complexity index is 2900. The van der Waals surface area contributed by atoms with Crippen LogP contribution in [0.15, 0.2) is 60.7 Å². The number of hydrogen-bond donors (Lipinski definition) is 19. The summed E-state index contributed by atoms with van der Waals surface area (Å²) in [6.07, 6.45) is -73.2. The van der Waals surface area contributed by atoms with E-state index in [1.165, 1.54) is 15.5 Å². The van der Waals surface area contributed by atoms with Crippen LogP contribution >= 0.6 is 0 Å². The predicted molar refractivity (Wildman–Crippen MR) is 314 cm³/mol. The highest BCUT2D eigenvalue weighted by atomic mass is 19.4. The lowest BCUT2D eigenvalue weighted by Gasteiger charge is -2.51. The number of carbonyl (C=O) groups excluding carboxylic acids is 3. The van der Waals surface area contributed by atoms with Crippen LogP contribution in [0.1, 0.15) is 30.4 Å². The number of carbonyl (C=O) groups is 3. The van der Waals surface area contributed by atoms with Crippen LogP contribution in [0.25, 0.3) is 0 Å². The number of hydrogen-bond acceptors (Lipinski definition) is 33. The highest BCUT2D eigenvalue weighted by Crippen LogP contribution is 2.38. The lowest BCUT2D eigenvalue weighted by atomic mass is 9.93. The topological polar surface area (TPSA) is 542 Å². The third-order valence-electron chi connectivity index (χ3n) is 17.6. The van der Waals surface area contributed by atoms with Crippen LogP contribution in [0, 0.1) is 0 Å². The number of halogens is 6. The van der Waals surface area contributed by atoms with Crippen LogP contribution in [0.5, 0.6) is 0 Å². The highest BCUT2D eigenvalue weighted by Gasteiger charge is 2.60. The Morgan fingerprint density at radius 1 is 0.392 bits per heavy atom. The average molecular weight is 1490 g/mol. The lowest BCUT2D eigenvalue weighted by molar-refractivity contribution is -0.387. The zero-order valence-electron chi connectivity index (χ0n) is 53.6. The Kier molecular flexibility index (Phi) is 30.1. The summed E-state index contributed by atoms with van der Waals surface area (Å²) in [5, 5.41) is 188. The normalized spacial score (nSPS) is 39.2. The van der Waals surface area contributed by atoms with Crippen LogP contribution in [-0.4, -0.2) is 359 Å². The van der Waals surface area contributed by atoms with Crippen LogP contribution in [0.4, 0.5) is 31.1 Å². The van der Waals surface area contributed by atoms with Crippen molar-refractivity contribution >= 4 is 17.9 Å². The Balaban J connectivity index is 0.937. The molecule has 580 valence electrons. The van der Waals surface area contributed by atoms with E-state index < -0.39 is 254 Å². The van der Waals surface area contributed by atoms with Crippen molar-refractivity contribution in [2.24, 2.45) is 0 Å². The molecule has 0 aromatic heterocycles. The summed E-state index contributed by atoms with van der Waals surface area (Å²) in [6.45, 7) is -6.80. The van der Waals surface area contributed by atoms with Crippen LogP contribution in [0.3, 0.4) is 0 Å². The summed E-state index contributed by atoms with van der Waals surface area (Å²) < 4.78 is 157. The molecule has 0 unspecified atom stereocenters. The number of ether oxygens (including phenoxy) is 13. The zero-order chi connectivity index (χ0) is 74.7. The number of alkyl halides is 6. The summed E-state index contributed by atoms with van der Waals surface area (Å²) in [5.41, 5.74) is 1.63. The van der Waals surface area contributed by atoms with Crippen molar-refractivity contribution < 1.29 is 189 Å². The zero-order valence-corrected chi connectivity index (χ0v) is 53.6. The fourth-order valence-electron chi connectivity index (χ4n) is 12.1. The third kappa shape index (κ3) is 20.0. The molecule has 42 heteroatoms. The second kappa shape index (κ2) is 37.1. The van der Waals surface area contributed by atoms with Crippen LogP contribution in [0.2, 0.25) is 0 Å². The third-order valence-corrected chi connectivity index (χ3v) is 17.6. The van der Waals surface area contributed by atoms with Crippen molar-refractivity contribution in [1.29, 1.82) is 0 Å². The average Bonchev–Trinajstić information content (AvgIpc) is 0.770. The summed E-state index contributed by atoms with van der Waals surface area (Å²) in [7, 11) is 0. The number of amides is 3. The molecule has 30 atom stereocenters. The van der Waals surface area contributed by atoms with Gasteiger partial charge in [0.05, 0.1) is 39.6 Å². The first kappa shape index (κ1) is 82.7. The first-order valence-electron chi connectivity index (χ1n) is 32.1. The van der Waals surface area contributed by atoms with Crippen molar-refractivity contribution in [1.82, 2.24) is 15.5 Å². The number of nitrogens with one attached hydrogen (secondary N) is 2. The Labute approximate surface area is 574 Å². The first-order chi connectivity index (χ1) is 48.4. The van der Waals surface area contributed by atoms with Crippen molar-refractivity contribution in [2.45, 2.75) is 229 Å². The molecule has 0 radical (unpaired) electrons. The van der Waals surface area contributed by atoms with Gasteiger partial charge in [-0.2, -0.15) is 26.3 Å². The summed E-state index contributed by atoms with van der Waals surface area (Å²) in [6, 6.07) is 12.9. The molecule has 102 heavy (non-hydrogen) atoms. The molecular formula is C60H85F6N3O33. The molecule has 0 bridgehead atoms. The van der Waals surface area contributed by atoms with Gasteiger partial charge in [0.1, 0.15) is 153 Å². The summed E-state index contributed by atoms with van der Waals surface area (Å²) in [4.78, 5) is 39.9. The standard InChI is InChI=1S/C60H85F6N3O33/c61-59(62,63)56(87)67-32-37(79)45(98-53-41(83)39(81)34(76)26(17-70)92-53)29(20-73)95-50(32)101-48-35(77)27(18-71)93-54(43(48)85)99-46-30(21-74)96-51(33(38(46)80)68-57(88)60(64,65)66)102-49-36(78)28(19-72)94-55(44(49)86)100-47-31(22-75)97-52(42(84)40(47)82)90-15-9-3-8-14-69(16-24-10-4-1-5-11-24)58(89)91-23-25-12-6-2-7-13-25/h1-2,4-7,10-13,26-55,70-86H,3,8-9,14-23H2,(H,67,87)(H,68,88)/t26-,27-,28-,29-,30-,31-,32-,33-,34+,35+,36+,37-,38-,39+,40-,41-,42-,43-,44-,45-,46-,47-,48+,49+,50+,51+,52-,53+,54+,55+/m1/s1. The van der Waals surface area contributed by atoms with Gasteiger partial charge in [-0.3, -0.25) is 9.59 Å². The molecule has 6 heterocycles. The quantitative estimate of drug-likeness (QED) is 0.0266. The number of rotatable bonds is 29. The van der Waals surface area contributed by atoms with Crippen molar-refractivity contribution in [3.05, 3.63) is 71.8 Å². The van der Waals surface area contributed by atoms with E-state index in [4.69, 9.17) is 61.6 Å². The fourth-order valence-corrected chi connectivity index (χ4v) is 12.1. The molecule has 8 rings (SSSR count). The minimum atomic E-state index is -5.81. The van der Waals surface area contributed by atoms with Crippen molar-refractivity contribution in [3.63, 3.8) is 0 Å². The molecule has 0 spiro atoms. The maximum absolute atomic E-state index is 14.1. The van der Waals surface area contributed by atoms with E-state index in [2.05, 4.69) is 0 Å². The van der Waals surface area contributed by atoms with Crippen LogP contribution < -0.4 is 10.6 Å². The van der Waals surface area contributed by atoms with E-state index in [1.807, 2.05) is 36.4 Å². The lowest BCUT2D eigenvalue weighted by Crippen LogP contribution is -2.71. The molecule has 0 saturated carbocycles. The van der Waals surface area contributed by atoms with Gasteiger partial charge in [0.25, 0.3) is 0 Å². The molecule has 6 saturated heterocycles. The van der Waals surface area contributed by atoms with E-state index >= 15 is 0 Å². The number of benzene rings is 2. The van der Waals surface area contributed by atoms with Gasteiger partial charge in [-0.15, -0.1) is 0 Å². The summed E-state index contributed by atoms with van der Waals surface area (Å²) in [5.74, 6) is -5.68. The van der Waals surface area contributed by atoms with Gasteiger partial charge in [-0.1, -0.05) is 60.7 Å². The van der Waals surface area contributed by atoms with Gasteiger partial charge >= 0.3 is 30.3 Å². The van der Waals surface area contributed by atoms with Gasteiger partial charge in [0.15, 0.2) is 37.7 Å². The van der Waals surface area contributed by atoms with Gasteiger partial charge in [0, 0.05) is 19.7 Å². The minimum Gasteiger partial charge on any atom is -0.445 e. The Morgan fingerprint density at radius 3 is 1.18 bits per heavy atom. The van der Waals surface area contributed by atoms with Gasteiger partial charge in [0.2, 0.25) is 0 Å². The molecule has 2 aromatic carbocycles. The fraction of sp³-hybridized carbons (Fsp3) is 0.750. The second-order valence-corrected chi connectivity index (χ2v) is 24.6. The smallest absolute Gasteiger partial charge is 0.445 e. The van der Waals surface area contributed by atoms with E-state index in [9.17, 15) is 128 Å². The number of aliphatic hydroxyl groups excluding tert-OH is 17. The van der Waals surface area contributed by atoms with Gasteiger partial charge in [-0.05, 0) is 30.4 Å². The molecule has 3 amide bonds. The Morgan fingerprint density at radius 2 is 0.755 bits per heavy atom. The minimum absolute atomic E-state index is 0.0363. The molecule has 36 nitrogen and oxygen atoms in total. The van der Waals surface area contributed by atoms with Crippen LogP contribution in [-0.2, 0) is 84.3 Å². The van der Waals surface area contributed by atoms with E-state index in [1.54, 1.807) is 24.3 Å². The largest absolute Gasteiger partial charge is 0.471 e. The molecule has 6 aliphatic heterocycles. The number of aliphatic hydroxyl groups is 17. The monoisotopic (exact) mass is 1490 g/mol. The van der Waals surface area contributed by atoms with E-state index in [0.717, 1.165) is 11.1 Å². The predicted octanol–water partition coefficient (Wildman–Crippen LogP) is -7.69. The van der Waals surface area contributed by atoms with Gasteiger partial charge in [-0.25, -0.2) is 4.79 Å². The molecule has 6 fully saturated rings. The number of unbranched alkanes of at least 4 members (excludes halogenated alkanes) is 2. The second-order valence-electron chi connectivity index (χ2n) is 24.6. The molecular weight excluding hydrogens is 1400 g/mol. The molecule has 19 N–H and O–H groups in total. The van der Waals surface area contributed by atoms with Crippen molar-refractivity contribution in [2.75, 3.05) is 52.8 Å². The molecule has 0 aliphatic carbocycles. The SMILES string of the molecule is O=C(OCc1ccccc1)N(CCCCCO[C@@H]1O[C@H](CO)[C@@H](O[C@@H]2O[C@H](CO)[C@H](O)[C@H](O[C@@H]3O[C@H](CO)[C@@H](O[C@@H]4O[C@H](CO)[C@H](O)[C@H](O[C@@H]5O[C@H](CO)[C@@H](O[C@@H]6O[C@H](CO)[C@H](O)[C@H](O)[C@H]6O)[C@H](O)[C@H]5NC(=O)C(F)(F)F)[C@H]4O)[C@H](O)[C@H]3NC(=O)C(F)(F)F)[C@H]2O)[C@H](O)[C@H]1O)Cc1ccccc1. The van der Waals surface area contributed by atoms with E-state index in [0.29, 0.717) is 19.3 Å².